The highest BCUT2D eigenvalue weighted by Crippen LogP contribution is 2.26. The molecule has 0 aliphatic carbocycles. The zero-order valence-corrected chi connectivity index (χ0v) is 10.4. The first kappa shape index (κ1) is 13.4. The number of benzene rings is 1. The number of halogens is 2. The van der Waals surface area contributed by atoms with Crippen LogP contribution in [0.25, 0.3) is 10.9 Å². The van der Waals surface area contributed by atoms with Crippen LogP contribution < -0.4 is 0 Å². The lowest BCUT2D eigenvalue weighted by Crippen LogP contribution is -2.33. The van der Waals surface area contributed by atoms with Gasteiger partial charge in [0.05, 0.1) is 12.1 Å². The number of pyridine rings is 1. The molecule has 0 atom stereocenters. The molecule has 0 radical (unpaired) electrons. The van der Waals surface area contributed by atoms with E-state index in [2.05, 4.69) is 9.72 Å². The monoisotopic (exact) mass is 265 g/mol. The van der Waals surface area contributed by atoms with Crippen LogP contribution in [0.5, 0.6) is 0 Å². The van der Waals surface area contributed by atoms with Crippen molar-refractivity contribution in [1.82, 2.24) is 4.98 Å². The number of hydrogen-bond donors (Lipinski definition) is 0. The van der Waals surface area contributed by atoms with Crippen molar-refractivity contribution >= 4 is 16.9 Å². The summed E-state index contributed by atoms with van der Waals surface area (Å²) < 4.78 is 31.8. The predicted molar refractivity (Wildman–Crippen MR) is 67.0 cm³/mol. The molecule has 0 spiro atoms. The molecule has 100 valence electrons. The standard InChI is InChI=1S/C14H13F2NO2/c1-2-19-13(18)14(15,16)9-10-7-8-17-12-6-4-3-5-11(10)12/h3-8H,2,9H2,1H3. The van der Waals surface area contributed by atoms with Crippen LogP contribution in [0.2, 0.25) is 0 Å². The fourth-order valence-corrected chi connectivity index (χ4v) is 1.86. The van der Waals surface area contributed by atoms with Gasteiger partial charge in [-0.05, 0) is 24.6 Å². The van der Waals surface area contributed by atoms with Gasteiger partial charge in [-0.15, -0.1) is 0 Å². The van der Waals surface area contributed by atoms with Gasteiger partial charge in [0.1, 0.15) is 0 Å². The topological polar surface area (TPSA) is 39.2 Å². The SMILES string of the molecule is CCOC(=O)C(F)(F)Cc1ccnc2ccccc12. The molecule has 0 saturated carbocycles. The second kappa shape index (κ2) is 5.30. The molecule has 2 aromatic rings. The number of esters is 1. The maximum Gasteiger partial charge on any atom is 0.377 e. The highest BCUT2D eigenvalue weighted by Gasteiger charge is 2.40. The molecule has 0 saturated heterocycles. The number of para-hydroxylation sites is 1. The van der Waals surface area contributed by atoms with Gasteiger partial charge in [-0.2, -0.15) is 8.78 Å². The highest BCUT2D eigenvalue weighted by molar-refractivity contribution is 5.84. The lowest BCUT2D eigenvalue weighted by atomic mass is 10.0. The maximum absolute atomic E-state index is 13.7. The van der Waals surface area contributed by atoms with Gasteiger partial charge in [-0.3, -0.25) is 4.98 Å². The Balaban J connectivity index is 2.33. The summed E-state index contributed by atoms with van der Waals surface area (Å²) in [5, 5.41) is 0.619. The Morgan fingerprint density at radius 2 is 2.05 bits per heavy atom. The molecule has 3 nitrogen and oxygen atoms in total. The first-order chi connectivity index (χ1) is 9.04. The van der Waals surface area contributed by atoms with Crippen LogP contribution in [0.3, 0.4) is 0 Å². The summed E-state index contributed by atoms with van der Waals surface area (Å²) in [6.07, 6.45) is 0.772. The van der Waals surface area contributed by atoms with Crippen molar-refractivity contribution in [3.05, 3.63) is 42.1 Å². The molecule has 0 amide bonds. The van der Waals surface area contributed by atoms with E-state index in [4.69, 9.17) is 0 Å². The average molecular weight is 265 g/mol. The minimum Gasteiger partial charge on any atom is -0.462 e. The minimum atomic E-state index is -3.53. The quantitative estimate of drug-likeness (QED) is 0.798. The van der Waals surface area contributed by atoms with E-state index in [0.717, 1.165) is 0 Å². The number of hydrogen-bond acceptors (Lipinski definition) is 3. The number of fused-ring (bicyclic) bond motifs is 1. The molecular formula is C14H13F2NO2. The summed E-state index contributed by atoms with van der Waals surface area (Å²) in [7, 11) is 0. The van der Waals surface area contributed by atoms with E-state index >= 15 is 0 Å². The summed E-state index contributed by atoms with van der Waals surface area (Å²) in [5.74, 6) is -5.02. The lowest BCUT2D eigenvalue weighted by molar-refractivity contribution is -0.171. The lowest BCUT2D eigenvalue weighted by Gasteiger charge is -2.15. The molecule has 5 heteroatoms. The minimum absolute atomic E-state index is 0.0640. The third kappa shape index (κ3) is 2.86. The molecular weight excluding hydrogens is 252 g/mol. The zero-order valence-electron chi connectivity index (χ0n) is 10.4. The van der Waals surface area contributed by atoms with Crippen molar-refractivity contribution in [2.75, 3.05) is 6.61 Å². The highest BCUT2D eigenvalue weighted by atomic mass is 19.3. The van der Waals surface area contributed by atoms with Crippen LogP contribution in [0.15, 0.2) is 36.5 Å². The number of carbonyl (C=O) groups is 1. The van der Waals surface area contributed by atoms with Crippen molar-refractivity contribution < 1.29 is 18.3 Å². The molecule has 0 aliphatic rings. The summed E-state index contributed by atoms with van der Waals surface area (Å²) in [6.45, 7) is 1.43. The van der Waals surface area contributed by atoms with Gasteiger partial charge in [0.2, 0.25) is 0 Å². The largest absolute Gasteiger partial charge is 0.462 e. The number of aromatic nitrogens is 1. The van der Waals surface area contributed by atoms with E-state index in [-0.39, 0.29) is 6.61 Å². The summed E-state index contributed by atoms with van der Waals surface area (Å²) >= 11 is 0. The van der Waals surface area contributed by atoms with Crippen LogP contribution in [-0.2, 0) is 16.0 Å². The van der Waals surface area contributed by atoms with Crippen LogP contribution in [0, 0.1) is 0 Å². The van der Waals surface area contributed by atoms with E-state index in [0.29, 0.717) is 16.5 Å². The van der Waals surface area contributed by atoms with Crippen molar-refractivity contribution in [1.29, 1.82) is 0 Å². The molecule has 19 heavy (non-hydrogen) atoms. The number of ether oxygens (including phenoxy) is 1. The van der Waals surface area contributed by atoms with Crippen molar-refractivity contribution in [2.45, 2.75) is 19.3 Å². The Hall–Kier alpha value is -2.04. The average Bonchev–Trinajstić information content (AvgIpc) is 2.39. The Kier molecular flexibility index (Phi) is 3.74. The van der Waals surface area contributed by atoms with Gasteiger partial charge in [0, 0.05) is 18.0 Å². The first-order valence-corrected chi connectivity index (χ1v) is 5.92. The maximum atomic E-state index is 13.7. The van der Waals surface area contributed by atoms with Gasteiger partial charge < -0.3 is 4.74 Å². The third-order valence-electron chi connectivity index (χ3n) is 2.73. The normalized spacial score (nSPS) is 11.5. The summed E-state index contributed by atoms with van der Waals surface area (Å²) in [5.41, 5.74) is 1.00. The molecule has 2 rings (SSSR count). The number of nitrogens with zero attached hydrogens (tertiary/aromatic N) is 1. The Morgan fingerprint density at radius 1 is 1.32 bits per heavy atom. The van der Waals surface area contributed by atoms with Crippen LogP contribution in [0.4, 0.5) is 8.78 Å². The van der Waals surface area contributed by atoms with Gasteiger partial charge >= 0.3 is 11.9 Å². The van der Waals surface area contributed by atoms with E-state index in [1.807, 2.05) is 0 Å². The number of rotatable bonds is 4. The van der Waals surface area contributed by atoms with Gasteiger partial charge in [-0.1, -0.05) is 18.2 Å². The van der Waals surface area contributed by atoms with Gasteiger partial charge in [-0.25, -0.2) is 4.79 Å². The van der Waals surface area contributed by atoms with Crippen molar-refractivity contribution in [3.63, 3.8) is 0 Å². The van der Waals surface area contributed by atoms with E-state index in [1.165, 1.54) is 19.2 Å². The van der Waals surface area contributed by atoms with Gasteiger partial charge in [0.15, 0.2) is 0 Å². The smallest absolute Gasteiger partial charge is 0.377 e. The fraction of sp³-hybridized carbons (Fsp3) is 0.286. The molecule has 1 aromatic carbocycles. The third-order valence-corrected chi connectivity index (χ3v) is 2.73. The molecule has 0 fully saturated rings. The van der Waals surface area contributed by atoms with E-state index < -0.39 is 18.3 Å². The molecule has 1 aromatic heterocycles. The molecule has 0 N–H and O–H groups in total. The van der Waals surface area contributed by atoms with E-state index in [1.54, 1.807) is 24.3 Å². The molecule has 0 bridgehead atoms. The number of carbonyl (C=O) groups excluding carboxylic acids is 1. The zero-order chi connectivity index (χ0) is 13.9. The van der Waals surface area contributed by atoms with Crippen LogP contribution >= 0.6 is 0 Å². The second-order valence-corrected chi connectivity index (χ2v) is 4.09. The molecule has 0 unspecified atom stereocenters. The Labute approximate surface area is 109 Å². The van der Waals surface area contributed by atoms with Gasteiger partial charge in [0.25, 0.3) is 0 Å². The van der Waals surface area contributed by atoms with Crippen molar-refractivity contribution in [2.24, 2.45) is 0 Å². The van der Waals surface area contributed by atoms with E-state index in [9.17, 15) is 13.6 Å². The van der Waals surface area contributed by atoms with Crippen molar-refractivity contribution in [3.8, 4) is 0 Å². The molecule has 1 heterocycles. The summed E-state index contributed by atoms with van der Waals surface area (Å²) in [6, 6.07) is 8.47. The second-order valence-electron chi connectivity index (χ2n) is 4.09. The number of alkyl halides is 2. The van der Waals surface area contributed by atoms with Crippen LogP contribution in [-0.4, -0.2) is 23.5 Å². The first-order valence-electron chi connectivity index (χ1n) is 5.92. The Morgan fingerprint density at radius 3 is 2.79 bits per heavy atom. The summed E-state index contributed by atoms with van der Waals surface area (Å²) in [4.78, 5) is 15.3. The molecule has 0 aliphatic heterocycles. The fourth-order valence-electron chi connectivity index (χ4n) is 1.86. The predicted octanol–water partition coefficient (Wildman–Crippen LogP) is 2.98. The Bertz CT molecular complexity index is 594. The van der Waals surface area contributed by atoms with Crippen LogP contribution in [0.1, 0.15) is 12.5 Å².